The third kappa shape index (κ3) is 3.99. The number of benzene rings is 2. The monoisotopic (exact) mass is 472 g/mol. The number of rotatable bonds is 6. The van der Waals surface area contributed by atoms with Gasteiger partial charge in [0.1, 0.15) is 23.6 Å². The first-order chi connectivity index (χ1) is 16.9. The topological polar surface area (TPSA) is 104 Å². The maximum Gasteiger partial charge on any atom is 0.350 e. The molecule has 0 saturated heterocycles. The number of anilines is 1. The molecule has 10 heteroatoms. The molecule has 1 amide bonds. The van der Waals surface area contributed by atoms with Gasteiger partial charge < -0.3 is 14.8 Å². The van der Waals surface area contributed by atoms with E-state index in [9.17, 15) is 9.59 Å². The summed E-state index contributed by atoms with van der Waals surface area (Å²) in [5, 5.41) is 11.8. The molecule has 35 heavy (non-hydrogen) atoms. The van der Waals surface area contributed by atoms with E-state index in [1.165, 1.54) is 29.7 Å². The maximum atomic E-state index is 13.0. The van der Waals surface area contributed by atoms with E-state index < -0.39 is 11.6 Å². The fourth-order valence-electron chi connectivity index (χ4n) is 3.92. The number of amides is 1. The summed E-state index contributed by atoms with van der Waals surface area (Å²) in [6.45, 7) is 3.84. The van der Waals surface area contributed by atoms with Crippen LogP contribution in [-0.4, -0.2) is 43.9 Å². The van der Waals surface area contributed by atoms with Crippen LogP contribution in [0.3, 0.4) is 0 Å². The molecule has 2 aromatic carbocycles. The van der Waals surface area contributed by atoms with Crippen LogP contribution in [0.1, 0.15) is 11.1 Å². The van der Waals surface area contributed by atoms with Crippen LogP contribution < -0.4 is 20.5 Å². The second-order valence-electron chi connectivity index (χ2n) is 8.20. The van der Waals surface area contributed by atoms with Crippen LogP contribution >= 0.6 is 0 Å². The first-order valence-corrected chi connectivity index (χ1v) is 10.9. The lowest BCUT2D eigenvalue weighted by Gasteiger charge is -2.11. The molecule has 10 nitrogen and oxygen atoms in total. The van der Waals surface area contributed by atoms with Gasteiger partial charge in [-0.2, -0.15) is 5.10 Å². The van der Waals surface area contributed by atoms with Crippen molar-refractivity contribution in [2.24, 2.45) is 0 Å². The summed E-state index contributed by atoms with van der Waals surface area (Å²) in [6, 6.07) is 13.1. The molecule has 5 rings (SSSR count). The van der Waals surface area contributed by atoms with Crippen LogP contribution in [0.25, 0.3) is 22.4 Å². The van der Waals surface area contributed by atoms with Crippen molar-refractivity contribution in [3.63, 3.8) is 0 Å². The van der Waals surface area contributed by atoms with Crippen molar-refractivity contribution < 1.29 is 14.3 Å². The fraction of sp³-hybridized carbons (Fsp3) is 0.200. The molecule has 0 aliphatic rings. The van der Waals surface area contributed by atoms with E-state index in [1.807, 2.05) is 12.1 Å². The Morgan fingerprint density at radius 2 is 1.80 bits per heavy atom. The second kappa shape index (κ2) is 8.64. The van der Waals surface area contributed by atoms with Gasteiger partial charge in [0.05, 0.1) is 25.6 Å². The van der Waals surface area contributed by atoms with Gasteiger partial charge in [0.25, 0.3) is 0 Å². The predicted octanol–water partition coefficient (Wildman–Crippen LogP) is 3.08. The molecular weight excluding hydrogens is 448 g/mol. The predicted molar refractivity (Wildman–Crippen MR) is 131 cm³/mol. The lowest BCUT2D eigenvalue weighted by Crippen LogP contribution is -2.28. The Kier molecular flexibility index (Phi) is 5.48. The molecule has 3 heterocycles. The van der Waals surface area contributed by atoms with Crippen LogP contribution in [0, 0.1) is 13.8 Å². The zero-order valence-corrected chi connectivity index (χ0v) is 19.8. The second-order valence-corrected chi connectivity index (χ2v) is 8.20. The van der Waals surface area contributed by atoms with Crippen molar-refractivity contribution in [3.05, 3.63) is 76.5 Å². The molecule has 0 bridgehead atoms. The number of carbonyl (C=O) groups excluding carboxylic acids is 1. The van der Waals surface area contributed by atoms with E-state index in [0.717, 1.165) is 15.9 Å². The first kappa shape index (κ1) is 22.2. The number of nitrogens with zero attached hydrogens (tertiary/aromatic N) is 5. The minimum atomic E-state index is -0.428. The van der Waals surface area contributed by atoms with Gasteiger partial charge in [-0.3, -0.25) is 4.79 Å². The molecule has 5 aromatic rings. The highest BCUT2D eigenvalue weighted by Gasteiger charge is 2.17. The highest BCUT2D eigenvalue weighted by molar-refractivity contribution is 5.92. The van der Waals surface area contributed by atoms with Gasteiger partial charge in [0.15, 0.2) is 5.65 Å². The van der Waals surface area contributed by atoms with Crippen LogP contribution in [0.4, 0.5) is 5.69 Å². The molecule has 0 radical (unpaired) electrons. The third-order valence-corrected chi connectivity index (χ3v) is 5.97. The van der Waals surface area contributed by atoms with Crippen molar-refractivity contribution in [3.8, 4) is 22.8 Å². The van der Waals surface area contributed by atoms with E-state index in [2.05, 4.69) is 41.5 Å². The Labute approximate surface area is 200 Å². The molecule has 178 valence electrons. The van der Waals surface area contributed by atoms with E-state index in [-0.39, 0.29) is 6.54 Å². The molecule has 0 spiro atoms. The molecule has 0 fully saturated rings. The molecule has 0 aliphatic heterocycles. The average Bonchev–Trinajstić information content (AvgIpc) is 3.42. The number of hydrogen-bond donors (Lipinski definition) is 1. The maximum absolute atomic E-state index is 13.0. The van der Waals surface area contributed by atoms with Gasteiger partial charge in [0, 0.05) is 24.0 Å². The number of aromatic nitrogens is 5. The summed E-state index contributed by atoms with van der Waals surface area (Å²) in [5.41, 5.74) is 5.20. The minimum absolute atomic E-state index is 0.273. The number of aryl methyl sites for hydroxylation is 2. The van der Waals surface area contributed by atoms with E-state index in [4.69, 9.17) is 9.47 Å². The van der Waals surface area contributed by atoms with Crippen molar-refractivity contribution in [1.82, 2.24) is 23.8 Å². The minimum Gasteiger partial charge on any atom is -0.497 e. The van der Waals surface area contributed by atoms with Crippen molar-refractivity contribution >= 4 is 22.8 Å². The molecule has 1 N–H and O–H groups in total. The molecule has 0 atom stereocenters. The number of fused-ring (bicyclic) bond motifs is 3. The van der Waals surface area contributed by atoms with Gasteiger partial charge in [-0.05, 0) is 49.2 Å². The van der Waals surface area contributed by atoms with E-state index in [0.29, 0.717) is 28.4 Å². The highest BCUT2D eigenvalue weighted by Crippen LogP contribution is 2.29. The Morgan fingerprint density at radius 3 is 2.54 bits per heavy atom. The summed E-state index contributed by atoms with van der Waals surface area (Å²) in [4.78, 5) is 25.7. The van der Waals surface area contributed by atoms with Crippen molar-refractivity contribution in [1.29, 1.82) is 0 Å². The number of ether oxygens (including phenoxy) is 2. The number of nitrogens with one attached hydrogen (secondary N) is 1. The van der Waals surface area contributed by atoms with Gasteiger partial charge in [-0.15, -0.1) is 5.10 Å². The standard InChI is InChI=1S/C25H24N6O4/c1-15-5-6-17(11-16(15)2)19-13-21-24-28-31(25(33)29(24)9-10-30(21)27-19)14-23(32)26-20-12-18(34-3)7-8-22(20)35-4/h5-13H,14H2,1-4H3,(H,26,32). The molecule has 0 saturated carbocycles. The summed E-state index contributed by atoms with van der Waals surface area (Å²) in [7, 11) is 3.04. The summed E-state index contributed by atoms with van der Waals surface area (Å²) in [6.07, 6.45) is 3.29. The van der Waals surface area contributed by atoms with Crippen LogP contribution in [-0.2, 0) is 11.3 Å². The zero-order chi connectivity index (χ0) is 24.7. The largest absolute Gasteiger partial charge is 0.497 e. The molecule has 0 unspecified atom stereocenters. The molecule has 0 aliphatic carbocycles. The summed E-state index contributed by atoms with van der Waals surface area (Å²) >= 11 is 0. The van der Waals surface area contributed by atoms with Gasteiger partial charge in [-0.25, -0.2) is 18.4 Å². The third-order valence-electron chi connectivity index (χ3n) is 5.97. The lowest BCUT2D eigenvalue weighted by atomic mass is 10.0. The van der Waals surface area contributed by atoms with Gasteiger partial charge in [-0.1, -0.05) is 12.1 Å². The van der Waals surface area contributed by atoms with Crippen molar-refractivity contribution in [2.45, 2.75) is 20.4 Å². The number of methoxy groups -OCH3 is 2. The summed E-state index contributed by atoms with van der Waals surface area (Å²) in [5.74, 6) is 0.609. The zero-order valence-electron chi connectivity index (χ0n) is 19.8. The molecule has 3 aromatic heterocycles. The quantitative estimate of drug-likeness (QED) is 0.407. The van der Waals surface area contributed by atoms with Crippen LogP contribution in [0.15, 0.2) is 59.7 Å². The van der Waals surface area contributed by atoms with Crippen LogP contribution in [0.5, 0.6) is 11.5 Å². The normalized spacial score (nSPS) is 11.2. The van der Waals surface area contributed by atoms with Crippen molar-refractivity contribution in [2.75, 3.05) is 19.5 Å². The first-order valence-electron chi connectivity index (χ1n) is 10.9. The Bertz CT molecular complexity index is 1650. The summed E-state index contributed by atoms with van der Waals surface area (Å²) < 4.78 is 14.7. The average molecular weight is 473 g/mol. The van der Waals surface area contributed by atoms with Crippen LogP contribution in [0.2, 0.25) is 0 Å². The van der Waals surface area contributed by atoms with E-state index >= 15 is 0 Å². The lowest BCUT2D eigenvalue weighted by molar-refractivity contribution is -0.117. The Morgan fingerprint density at radius 1 is 0.971 bits per heavy atom. The highest BCUT2D eigenvalue weighted by atomic mass is 16.5. The Balaban J connectivity index is 1.48. The Hall–Kier alpha value is -4.60. The number of hydrogen-bond acceptors (Lipinski definition) is 6. The fourth-order valence-corrected chi connectivity index (χ4v) is 3.92. The molecular formula is C25H24N6O4. The van der Waals surface area contributed by atoms with Gasteiger partial charge in [0.2, 0.25) is 5.91 Å². The smallest absolute Gasteiger partial charge is 0.350 e. The number of carbonyl (C=O) groups is 1. The van der Waals surface area contributed by atoms with Gasteiger partial charge >= 0.3 is 5.69 Å². The SMILES string of the molecule is COc1ccc(OC)c(NC(=O)Cn2nc3c4cc(-c5ccc(C)c(C)c5)nn4ccn3c2=O)c1. The van der Waals surface area contributed by atoms with E-state index in [1.54, 1.807) is 35.1 Å².